The summed E-state index contributed by atoms with van der Waals surface area (Å²) in [6.07, 6.45) is 6.69. The molecule has 3 heteroatoms. The number of aliphatic carboxylic acids is 1. The van der Waals surface area contributed by atoms with E-state index >= 15 is 0 Å². The lowest BCUT2D eigenvalue weighted by Crippen LogP contribution is -2.43. The van der Waals surface area contributed by atoms with Crippen molar-refractivity contribution in [3.05, 3.63) is 35.9 Å². The zero-order valence-corrected chi connectivity index (χ0v) is 11.3. The summed E-state index contributed by atoms with van der Waals surface area (Å²) in [6.45, 7) is 0.166. The Morgan fingerprint density at radius 3 is 2.42 bits per heavy atom. The van der Waals surface area contributed by atoms with Crippen LogP contribution in [0.2, 0.25) is 0 Å². The zero-order chi connectivity index (χ0) is 13.7. The maximum atomic E-state index is 11.8. The van der Waals surface area contributed by atoms with Crippen LogP contribution in [0.5, 0.6) is 0 Å². The first-order valence-electron chi connectivity index (χ1n) is 7.18. The quantitative estimate of drug-likeness (QED) is 0.827. The second-order valence-corrected chi connectivity index (χ2v) is 5.65. The lowest BCUT2D eigenvalue weighted by atomic mass is 9.75. The van der Waals surface area contributed by atoms with E-state index in [2.05, 4.69) is 0 Å². The van der Waals surface area contributed by atoms with Gasteiger partial charge in [0.1, 0.15) is 5.41 Å². The molecule has 0 spiro atoms. The average molecular weight is 261 g/mol. The molecule has 1 unspecified atom stereocenters. The summed E-state index contributed by atoms with van der Waals surface area (Å²) in [5.41, 5.74) is 5.77. The van der Waals surface area contributed by atoms with Gasteiger partial charge in [0.2, 0.25) is 0 Å². The Hall–Kier alpha value is -1.35. The highest BCUT2D eigenvalue weighted by atomic mass is 16.4. The molecule has 1 fully saturated rings. The maximum Gasteiger partial charge on any atom is 0.315 e. The number of carboxylic acids is 1. The van der Waals surface area contributed by atoms with Crippen molar-refractivity contribution in [2.24, 2.45) is 11.7 Å². The molecular weight excluding hydrogens is 238 g/mol. The summed E-state index contributed by atoms with van der Waals surface area (Å²) >= 11 is 0. The van der Waals surface area contributed by atoms with Crippen LogP contribution in [0.1, 0.15) is 44.1 Å². The first kappa shape index (κ1) is 14.1. The Labute approximate surface area is 114 Å². The van der Waals surface area contributed by atoms with Crippen molar-refractivity contribution in [1.29, 1.82) is 0 Å². The van der Waals surface area contributed by atoms with Crippen LogP contribution in [-0.2, 0) is 10.2 Å². The van der Waals surface area contributed by atoms with E-state index < -0.39 is 11.4 Å². The Bertz CT molecular complexity index is 412. The molecule has 3 nitrogen and oxygen atoms in total. The number of nitrogens with two attached hydrogens (primary N) is 1. The van der Waals surface area contributed by atoms with E-state index in [0.29, 0.717) is 12.3 Å². The van der Waals surface area contributed by atoms with Crippen molar-refractivity contribution in [2.45, 2.75) is 43.9 Å². The maximum absolute atomic E-state index is 11.8. The van der Waals surface area contributed by atoms with Crippen LogP contribution in [0.25, 0.3) is 0 Å². The zero-order valence-electron chi connectivity index (χ0n) is 11.3. The summed E-state index contributed by atoms with van der Waals surface area (Å²) in [5, 5.41) is 9.67. The van der Waals surface area contributed by atoms with Crippen molar-refractivity contribution in [1.82, 2.24) is 0 Å². The van der Waals surface area contributed by atoms with Crippen molar-refractivity contribution in [3.63, 3.8) is 0 Å². The van der Waals surface area contributed by atoms with Gasteiger partial charge in [-0.3, -0.25) is 4.79 Å². The third-order valence-corrected chi connectivity index (χ3v) is 4.54. The molecule has 0 radical (unpaired) electrons. The van der Waals surface area contributed by atoms with Gasteiger partial charge in [-0.05, 0) is 24.3 Å². The molecule has 1 saturated carbocycles. The molecule has 2 rings (SSSR count). The topological polar surface area (TPSA) is 63.3 Å². The Morgan fingerprint density at radius 2 is 1.89 bits per heavy atom. The molecule has 0 bridgehead atoms. The molecule has 0 aliphatic heterocycles. The molecular formula is C16H23NO2. The van der Waals surface area contributed by atoms with Crippen LogP contribution in [0.3, 0.4) is 0 Å². The number of carbonyl (C=O) groups is 1. The van der Waals surface area contributed by atoms with Gasteiger partial charge in [0.15, 0.2) is 0 Å². The summed E-state index contributed by atoms with van der Waals surface area (Å²) in [5.74, 6) is -0.104. The molecule has 1 aliphatic rings. The van der Waals surface area contributed by atoms with Gasteiger partial charge in [-0.2, -0.15) is 0 Å². The van der Waals surface area contributed by atoms with Crippen LogP contribution in [0.15, 0.2) is 30.3 Å². The van der Waals surface area contributed by atoms with Gasteiger partial charge in [0.05, 0.1) is 0 Å². The molecule has 1 aliphatic carbocycles. The van der Waals surface area contributed by atoms with Gasteiger partial charge in [-0.15, -0.1) is 0 Å². The highest BCUT2D eigenvalue weighted by Crippen LogP contribution is 2.35. The molecule has 0 heterocycles. The third-order valence-electron chi connectivity index (χ3n) is 4.54. The monoisotopic (exact) mass is 261 g/mol. The van der Waals surface area contributed by atoms with Gasteiger partial charge < -0.3 is 10.8 Å². The van der Waals surface area contributed by atoms with E-state index in [-0.39, 0.29) is 6.54 Å². The summed E-state index contributed by atoms with van der Waals surface area (Å²) in [4.78, 5) is 11.8. The highest BCUT2D eigenvalue weighted by molar-refractivity contribution is 5.81. The fourth-order valence-electron chi connectivity index (χ4n) is 3.19. The number of hydrogen-bond acceptors (Lipinski definition) is 2. The lowest BCUT2D eigenvalue weighted by molar-refractivity contribution is -0.144. The van der Waals surface area contributed by atoms with E-state index in [1.54, 1.807) is 0 Å². The van der Waals surface area contributed by atoms with Gasteiger partial charge in [0.25, 0.3) is 0 Å². The van der Waals surface area contributed by atoms with E-state index in [1.807, 2.05) is 30.3 Å². The lowest BCUT2D eigenvalue weighted by Gasteiger charge is -2.29. The van der Waals surface area contributed by atoms with Gasteiger partial charge in [-0.1, -0.05) is 56.0 Å². The summed E-state index contributed by atoms with van der Waals surface area (Å²) in [7, 11) is 0. The van der Waals surface area contributed by atoms with Crippen LogP contribution < -0.4 is 5.73 Å². The molecule has 0 amide bonds. The molecule has 0 saturated heterocycles. The fraction of sp³-hybridized carbons (Fsp3) is 0.562. The number of rotatable bonds is 6. The standard InChI is InChI=1S/C16H23NO2/c17-12-16(15(18)19,14-8-2-1-3-9-14)11-10-13-6-4-5-7-13/h1-3,8-9,13H,4-7,10-12,17H2,(H,18,19). The minimum Gasteiger partial charge on any atom is -0.481 e. The number of benzene rings is 1. The highest BCUT2D eigenvalue weighted by Gasteiger charge is 2.39. The molecule has 0 aromatic heterocycles. The Kier molecular flexibility index (Phi) is 4.59. The number of carboxylic acid groups (broad SMARTS) is 1. The Balaban J connectivity index is 2.16. The summed E-state index contributed by atoms with van der Waals surface area (Å²) < 4.78 is 0. The minimum absolute atomic E-state index is 0.166. The third kappa shape index (κ3) is 2.98. The second-order valence-electron chi connectivity index (χ2n) is 5.65. The van der Waals surface area contributed by atoms with Crippen molar-refractivity contribution < 1.29 is 9.90 Å². The van der Waals surface area contributed by atoms with Crippen LogP contribution in [-0.4, -0.2) is 17.6 Å². The molecule has 1 aromatic carbocycles. The van der Waals surface area contributed by atoms with Gasteiger partial charge in [0, 0.05) is 6.54 Å². The molecule has 19 heavy (non-hydrogen) atoms. The molecule has 1 aromatic rings. The molecule has 3 N–H and O–H groups in total. The number of hydrogen-bond donors (Lipinski definition) is 2. The van der Waals surface area contributed by atoms with Crippen molar-refractivity contribution in [3.8, 4) is 0 Å². The molecule has 104 valence electrons. The van der Waals surface area contributed by atoms with E-state index in [0.717, 1.165) is 12.0 Å². The van der Waals surface area contributed by atoms with Gasteiger partial charge >= 0.3 is 5.97 Å². The van der Waals surface area contributed by atoms with Crippen LogP contribution >= 0.6 is 0 Å². The van der Waals surface area contributed by atoms with Gasteiger partial charge in [-0.25, -0.2) is 0 Å². The van der Waals surface area contributed by atoms with Crippen LogP contribution in [0, 0.1) is 5.92 Å². The molecule has 1 atom stereocenters. The van der Waals surface area contributed by atoms with Crippen molar-refractivity contribution in [2.75, 3.05) is 6.54 Å². The van der Waals surface area contributed by atoms with Crippen molar-refractivity contribution >= 4 is 5.97 Å². The normalized spacial score (nSPS) is 19.2. The van der Waals surface area contributed by atoms with E-state index in [9.17, 15) is 9.90 Å². The predicted molar refractivity (Wildman–Crippen MR) is 76.0 cm³/mol. The van der Waals surface area contributed by atoms with E-state index in [1.165, 1.54) is 25.7 Å². The van der Waals surface area contributed by atoms with Crippen LogP contribution in [0.4, 0.5) is 0 Å². The smallest absolute Gasteiger partial charge is 0.315 e. The minimum atomic E-state index is -0.913. The summed E-state index contributed by atoms with van der Waals surface area (Å²) in [6, 6.07) is 9.45. The largest absolute Gasteiger partial charge is 0.481 e. The van der Waals surface area contributed by atoms with E-state index in [4.69, 9.17) is 5.73 Å². The Morgan fingerprint density at radius 1 is 1.26 bits per heavy atom. The fourth-order valence-corrected chi connectivity index (χ4v) is 3.19. The second kappa shape index (κ2) is 6.20. The SMILES string of the molecule is NCC(CCC1CCCC1)(C(=O)O)c1ccccc1. The first-order chi connectivity index (χ1) is 9.19. The average Bonchev–Trinajstić information content (AvgIpc) is 2.94. The predicted octanol–water partition coefficient (Wildman–Crippen LogP) is 2.94. The first-order valence-corrected chi connectivity index (χ1v) is 7.18.